The molecule has 0 aromatic carbocycles. The number of ether oxygens (including phenoxy) is 1. The molecule has 0 bridgehead atoms. The molecule has 2 saturated heterocycles. The van der Waals surface area contributed by atoms with E-state index in [1.54, 1.807) is 0 Å². The monoisotopic (exact) mass is 228 g/mol. The zero-order valence-corrected chi connectivity index (χ0v) is 10.1. The van der Waals surface area contributed by atoms with Gasteiger partial charge in [-0.3, -0.25) is 4.90 Å². The Balaban J connectivity index is 1.85. The summed E-state index contributed by atoms with van der Waals surface area (Å²) in [6.45, 7) is 4.28. The van der Waals surface area contributed by atoms with Gasteiger partial charge >= 0.3 is 0 Å². The molecule has 2 rings (SSSR count). The lowest BCUT2D eigenvalue weighted by molar-refractivity contribution is 0.0331. The van der Waals surface area contributed by atoms with Crippen molar-refractivity contribution in [2.75, 3.05) is 13.1 Å². The Labute approximate surface area is 96.9 Å². The minimum Gasteiger partial charge on any atom is -0.392 e. The Morgan fingerprint density at radius 2 is 2.27 bits per heavy atom. The summed E-state index contributed by atoms with van der Waals surface area (Å²) in [5.41, 5.74) is 5.74. The van der Waals surface area contributed by atoms with E-state index >= 15 is 0 Å². The average molecular weight is 228 g/mol. The highest BCUT2D eigenvalue weighted by Gasteiger charge is 2.31. The molecule has 3 atom stereocenters. The molecule has 3 unspecified atom stereocenters. The highest BCUT2D eigenvalue weighted by molar-refractivity contribution is 7.80. The van der Waals surface area contributed by atoms with Crippen molar-refractivity contribution in [2.45, 2.75) is 50.9 Å². The molecule has 2 N–H and O–H groups in total. The van der Waals surface area contributed by atoms with Crippen molar-refractivity contribution < 1.29 is 4.74 Å². The van der Waals surface area contributed by atoms with E-state index in [2.05, 4.69) is 11.8 Å². The first kappa shape index (κ1) is 11.3. The lowest BCUT2D eigenvalue weighted by Crippen LogP contribution is -2.42. The van der Waals surface area contributed by atoms with Gasteiger partial charge in [0, 0.05) is 6.54 Å². The summed E-state index contributed by atoms with van der Waals surface area (Å²) in [6, 6.07) is 0.319. The maximum Gasteiger partial charge on any atom is 0.0902 e. The molecule has 0 radical (unpaired) electrons. The number of thiocarbonyl (C=S) groups is 1. The van der Waals surface area contributed by atoms with Gasteiger partial charge in [-0.1, -0.05) is 12.2 Å². The molecule has 2 aliphatic heterocycles. The topological polar surface area (TPSA) is 38.5 Å². The van der Waals surface area contributed by atoms with Gasteiger partial charge in [-0.15, -0.1) is 0 Å². The normalized spacial score (nSPS) is 37.3. The van der Waals surface area contributed by atoms with Crippen LogP contribution in [0.25, 0.3) is 0 Å². The Morgan fingerprint density at radius 1 is 1.47 bits per heavy atom. The highest BCUT2D eigenvalue weighted by Crippen LogP contribution is 2.24. The van der Waals surface area contributed by atoms with E-state index in [-0.39, 0.29) is 0 Å². The molecule has 0 aliphatic carbocycles. The first-order chi connectivity index (χ1) is 7.16. The average Bonchev–Trinajstić information content (AvgIpc) is 2.75. The predicted molar refractivity (Wildman–Crippen MR) is 64.9 cm³/mol. The zero-order valence-electron chi connectivity index (χ0n) is 9.32. The number of hydrogen-bond donors (Lipinski definition) is 1. The van der Waals surface area contributed by atoms with Crippen LogP contribution in [-0.2, 0) is 4.74 Å². The zero-order chi connectivity index (χ0) is 10.8. The van der Waals surface area contributed by atoms with Crippen LogP contribution >= 0.6 is 12.2 Å². The van der Waals surface area contributed by atoms with Gasteiger partial charge in [0.25, 0.3) is 0 Å². The van der Waals surface area contributed by atoms with E-state index in [9.17, 15) is 0 Å². The molecule has 3 nitrogen and oxygen atoms in total. The summed E-state index contributed by atoms with van der Waals surface area (Å²) in [4.78, 5) is 3.05. The smallest absolute Gasteiger partial charge is 0.0902 e. The molecule has 0 amide bonds. The second-order valence-electron chi connectivity index (χ2n) is 4.70. The van der Waals surface area contributed by atoms with Gasteiger partial charge in [-0.25, -0.2) is 0 Å². The van der Waals surface area contributed by atoms with Crippen LogP contribution in [0, 0.1) is 0 Å². The van der Waals surface area contributed by atoms with Crippen LogP contribution in [0.5, 0.6) is 0 Å². The number of rotatable bonds is 3. The third kappa shape index (κ3) is 2.68. The maximum absolute atomic E-state index is 5.83. The minimum absolute atomic E-state index is 0.319. The number of nitrogens with two attached hydrogens (primary N) is 1. The summed E-state index contributed by atoms with van der Waals surface area (Å²) in [7, 11) is 0. The van der Waals surface area contributed by atoms with Crippen molar-refractivity contribution in [3.05, 3.63) is 0 Å². The molecule has 15 heavy (non-hydrogen) atoms. The SMILES string of the molecule is CC1CCC(CN2CCCC2C(N)=S)O1. The van der Waals surface area contributed by atoms with Crippen LogP contribution in [0.15, 0.2) is 0 Å². The van der Waals surface area contributed by atoms with Crippen LogP contribution in [0.2, 0.25) is 0 Å². The molecule has 0 spiro atoms. The Kier molecular flexibility index (Phi) is 3.59. The molecule has 0 aromatic rings. The quantitative estimate of drug-likeness (QED) is 0.739. The fraction of sp³-hybridized carbons (Fsp3) is 0.909. The molecule has 2 aliphatic rings. The van der Waals surface area contributed by atoms with Crippen molar-refractivity contribution in [3.8, 4) is 0 Å². The molecule has 2 heterocycles. The second-order valence-corrected chi connectivity index (χ2v) is 5.17. The standard InChI is InChI=1S/C11H20N2OS/c1-8-4-5-9(14-8)7-13-6-2-3-10(13)11(12)15/h8-10H,2-7H2,1H3,(H2,12,15). The largest absolute Gasteiger partial charge is 0.392 e. The van der Waals surface area contributed by atoms with Crippen LogP contribution < -0.4 is 5.73 Å². The fourth-order valence-electron chi connectivity index (χ4n) is 2.65. The van der Waals surface area contributed by atoms with Gasteiger partial charge in [0.1, 0.15) is 0 Å². The molecule has 0 saturated carbocycles. The molecule has 86 valence electrons. The summed E-state index contributed by atoms with van der Waals surface area (Å²) in [5.74, 6) is 0. The van der Waals surface area contributed by atoms with Gasteiger partial charge < -0.3 is 10.5 Å². The Morgan fingerprint density at radius 3 is 2.87 bits per heavy atom. The van der Waals surface area contributed by atoms with Gasteiger partial charge in [-0.2, -0.15) is 0 Å². The van der Waals surface area contributed by atoms with Gasteiger partial charge in [0.05, 0.1) is 23.2 Å². The van der Waals surface area contributed by atoms with E-state index in [1.807, 2.05) is 0 Å². The van der Waals surface area contributed by atoms with Gasteiger partial charge in [-0.05, 0) is 39.2 Å². The summed E-state index contributed by atoms with van der Waals surface area (Å²) < 4.78 is 5.83. The van der Waals surface area contributed by atoms with Crippen LogP contribution in [0.1, 0.15) is 32.6 Å². The van der Waals surface area contributed by atoms with E-state index < -0.39 is 0 Å². The fourth-order valence-corrected chi connectivity index (χ4v) is 2.91. The number of hydrogen-bond acceptors (Lipinski definition) is 3. The van der Waals surface area contributed by atoms with Crippen molar-refractivity contribution in [1.82, 2.24) is 4.90 Å². The van der Waals surface area contributed by atoms with Crippen molar-refractivity contribution in [2.24, 2.45) is 5.73 Å². The maximum atomic E-state index is 5.83. The minimum atomic E-state index is 0.319. The third-order valence-electron chi connectivity index (χ3n) is 3.45. The summed E-state index contributed by atoms with van der Waals surface area (Å²) >= 11 is 5.09. The van der Waals surface area contributed by atoms with E-state index in [4.69, 9.17) is 22.7 Å². The van der Waals surface area contributed by atoms with Crippen molar-refractivity contribution in [1.29, 1.82) is 0 Å². The third-order valence-corrected chi connectivity index (χ3v) is 3.72. The highest BCUT2D eigenvalue weighted by atomic mass is 32.1. The Hall–Kier alpha value is -0.190. The van der Waals surface area contributed by atoms with Crippen LogP contribution in [-0.4, -0.2) is 41.2 Å². The molecular weight excluding hydrogens is 208 g/mol. The number of likely N-dealkylation sites (tertiary alicyclic amines) is 1. The van der Waals surface area contributed by atoms with Gasteiger partial charge in [0.15, 0.2) is 0 Å². The molecule has 4 heteroatoms. The summed E-state index contributed by atoms with van der Waals surface area (Å²) in [5, 5.41) is 0. The van der Waals surface area contributed by atoms with Crippen LogP contribution in [0.3, 0.4) is 0 Å². The lowest BCUT2D eigenvalue weighted by atomic mass is 10.2. The van der Waals surface area contributed by atoms with E-state index in [1.165, 1.54) is 19.3 Å². The van der Waals surface area contributed by atoms with E-state index in [0.717, 1.165) is 19.5 Å². The molecule has 0 aromatic heterocycles. The number of nitrogens with zero attached hydrogens (tertiary/aromatic N) is 1. The Bertz CT molecular complexity index is 247. The lowest BCUT2D eigenvalue weighted by Gasteiger charge is -2.26. The molecular formula is C11H20N2OS. The summed E-state index contributed by atoms with van der Waals surface area (Å²) in [6.07, 6.45) is 5.54. The molecule has 2 fully saturated rings. The van der Waals surface area contributed by atoms with Crippen LogP contribution in [0.4, 0.5) is 0 Å². The van der Waals surface area contributed by atoms with Crippen molar-refractivity contribution in [3.63, 3.8) is 0 Å². The van der Waals surface area contributed by atoms with Gasteiger partial charge in [0.2, 0.25) is 0 Å². The van der Waals surface area contributed by atoms with Crippen molar-refractivity contribution >= 4 is 17.2 Å². The predicted octanol–water partition coefficient (Wildman–Crippen LogP) is 1.30. The van der Waals surface area contributed by atoms with E-state index in [0.29, 0.717) is 23.2 Å². The first-order valence-corrected chi connectivity index (χ1v) is 6.26. The second kappa shape index (κ2) is 4.76. The first-order valence-electron chi connectivity index (χ1n) is 5.85.